The summed E-state index contributed by atoms with van der Waals surface area (Å²) in [6.45, 7) is 0.0731. The zero-order valence-corrected chi connectivity index (χ0v) is 18.0. The zero-order valence-electron chi connectivity index (χ0n) is 18.0. The van der Waals surface area contributed by atoms with Gasteiger partial charge in [-0.15, -0.1) is 0 Å². The lowest BCUT2D eigenvalue weighted by Crippen LogP contribution is -2.29. The third-order valence-electron chi connectivity index (χ3n) is 5.46. The van der Waals surface area contributed by atoms with E-state index in [1.165, 1.54) is 43.4 Å². The summed E-state index contributed by atoms with van der Waals surface area (Å²) in [6.07, 6.45) is 3.20. The maximum absolute atomic E-state index is 13.4. The molecule has 2 aromatic carbocycles. The lowest BCUT2D eigenvalue weighted by Gasteiger charge is -2.27. The molecule has 1 N–H and O–H groups in total. The zero-order chi connectivity index (χ0) is 23.5. The molecule has 33 heavy (non-hydrogen) atoms. The Morgan fingerprint density at radius 2 is 1.85 bits per heavy atom. The number of hydrogen-bond acceptors (Lipinski definition) is 6. The van der Waals surface area contributed by atoms with Crippen molar-refractivity contribution < 1.29 is 28.6 Å². The molecule has 0 aliphatic carbocycles. The van der Waals surface area contributed by atoms with E-state index in [4.69, 9.17) is 9.47 Å². The maximum Gasteiger partial charge on any atom is 0.295 e. The number of benzene rings is 2. The molecule has 0 radical (unpaired) electrons. The molecule has 168 valence electrons. The van der Waals surface area contributed by atoms with Crippen LogP contribution >= 0.6 is 0 Å². The normalized spacial score (nSPS) is 17.3. The molecule has 0 saturated carbocycles. The van der Waals surface area contributed by atoms with Gasteiger partial charge >= 0.3 is 0 Å². The number of hydrogen-bond donors (Lipinski definition) is 1. The summed E-state index contributed by atoms with van der Waals surface area (Å²) in [5.41, 5.74) is 1.25. The molecule has 1 aromatic heterocycles. The van der Waals surface area contributed by atoms with Gasteiger partial charge in [-0.2, -0.15) is 0 Å². The predicted octanol–water partition coefficient (Wildman–Crippen LogP) is 3.86. The van der Waals surface area contributed by atoms with Crippen molar-refractivity contribution in [2.75, 3.05) is 14.2 Å². The standard InChI is InChI=1S/C25H21FN2O5/c1-32-18-9-10-20(33-2)19(12-18)22-21(23(29)16-5-7-17(26)8-6-16)24(30)25(31)28(22)14-15-4-3-11-27-13-15/h3-13,22,29H,14H2,1-2H3/t22-/m0/s1. The van der Waals surface area contributed by atoms with Gasteiger partial charge in [0.05, 0.1) is 25.8 Å². The fraction of sp³-hybridized carbons (Fsp3) is 0.160. The Balaban J connectivity index is 1.93. The van der Waals surface area contributed by atoms with E-state index < -0.39 is 29.3 Å². The second kappa shape index (κ2) is 9.12. The average Bonchev–Trinajstić information content (AvgIpc) is 3.09. The smallest absolute Gasteiger partial charge is 0.295 e. The molecule has 2 heterocycles. The Hall–Kier alpha value is -4.20. The van der Waals surface area contributed by atoms with Crippen LogP contribution in [0.15, 0.2) is 72.6 Å². The number of carbonyl (C=O) groups is 2. The molecule has 8 heteroatoms. The number of aromatic nitrogens is 1. The van der Waals surface area contributed by atoms with Crippen molar-refractivity contribution in [3.8, 4) is 11.5 Å². The number of halogens is 1. The van der Waals surface area contributed by atoms with E-state index in [-0.39, 0.29) is 17.7 Å². The molecule has 1 aliphatic rings. The Morgan fingerprint density at radius 1 is 1.09 bits per heavy atom. The van der Waals surface area contributed by atoms with Gasteiger partial charge in [-0.1, -0.05) is 6.07 Å². The van der Waals surface area contributed by atoms with Crippen LogP contribution in [0.25, 0.3) is 5.76 Å². The minimum atomic E-state index is -0.972. The van der Waals surface area contributed by atoms with Crippen molar-refractivity contribution in [2.24, 2.45) is 0 Å². The molecule has 3 aromatic rings. The van der Waals surface area contributed by atoms with E-state index in [1.807, 2.05) is 0 Å². The summed E-state index contributed by atoms with van der Waals surface area (Å²) in [4.78, 5) is 31.7. The molecule has 4 rings (SSSR count). The number of aliphatic hydroxyl groups is 1. The number of ether oxygens (including phenoxy) is 2. The van der Waals surface area contributed by atoms with Crippen LogP contribution in [-0.2, 0) is 16.1 Å². The first kappa shape index (κ1) is 22.0. The van der Waals surface area contributed by atoms with Gasteiger partial charge in [0.1, 0.15) is 23.1 Å². The number of Topliss-reactive ketones (excluding diaryl/α,β-unsaturated/α-hetero) is 1. The highest BCUT2D eigenvalue weighted by Crippen LogP contribution is 2.44. The Kier molecular flexibility index (Phi) is 6.08. The van der Waals surface area contributed by atoms with Crippen LogP contribution in [0.5, 0.6) is 11.5 Å². The molecular weight excluding hydrogens is 427 g/mol. The molecule has 7 nitrogen and oxygen atoms in total. The first-order valence-corrected chi connectivity index (χ1v) is 10.1. The van der Waals surface area contributed by atoms with Crippen molar-refractivity contribution in [1.29, 1.82) is 0 Å². The highest BCUT2D eigenvalue weighted by Gasteiger charge is 2.47. The summed E-state index contributed by atoms with van der Waals surface area (Å²) in [7, 11) is 2.97. The van der Waals surface area contributed by atoms with E-state index in [1.54, 1.807) is 42.7 Å². The van der Waals surface area contributed by atoms with Crippen molar-refractivity contribution in [3.63, 3.8) is 0 Å². The molecule has 1 aliphatic heterocycles. The van der Waals surface area contributed by atoms with E-state index in [9.17, 15) is 19.1 Å². The van der Waals surface area contributed by atoms with Crippen LogP contribution in [0.2, 0.25) is 0 Å². The first-order valence-electron chi connectivity index (χ1n) is 10.1. The SMILES string of the molecule is COc1ccc(OC)c([C@H]2C(=C(O)c3ccc(F)cc3)C(=O)C(=O)N2Cc2cccnc2)c1. The van der Waals surface area contributed by atoms with E-state index >= 15 is 0 Å². The van der Waals surface area contributed by atoms with Gasteiger partial charge in [0.15, 0.2) is 0 Å². The number of ketones is 1. The number of aliphatic hydroxyl groups excluding tert-OH is 1. The van der Waals surface area contributed by atoms with Gasteiger partial charge in [-0.25, -0.2) is 4.39 Å². The largest absolute Gasteiger partial charge is 0.507 e. The highest BCUT2D eigenvalue weighted by molar-refractivity contribution is 6.46. The molecule has 1 amide bonds. The third kappa shape index (κ3) is 4.15. The molecule has 1 fully saturated rings. The molecule has 1 saturated heterocycles. The summed E-state index contributed by atoms with van der Waals surface area (Å²) < 4.78 is 24.3. The van der Waals surface area contributed by atoms with Gasteiger partial charge in [0.25, 0.3) is 11.7 Å². The van der Waals surface area contributed by atoms with Gasteiger partial charge in [0, 0.05) is 30.1 Å². The average molecular weight is 448 g/mol. The van der Waals surface area contributed by atoms with Crippen molar-refractivity contribution in [3.05, 3.63) is 95.1 Å². The van der Waals surface area contributed by atoms with Crippen LogP contribution in [-0.4, -0.2) is 40.9 Å². The summed E-state index contributed by atoms with van der Waals surface area (Å²) in [6, 6.07) is 12.6. The Bertz CT molecular complexity index is 1230. The molecule has 1 atom stereocenters. The molecular formula is C25H21FN2O5. The highest BCUT2D eigenvalue weighted by atomic mass is 19.1. The van der Waals surface area contributed by atoms with Crippen LogP contribution in [0.4, 0.5) is 4.39 Å². The van der Waals surface area contributed by atoms with Gasteiger partial charge in [-0.05, 0) is 54.1 Å². The van der Waals surface area contributed by atoms with Crippen LogP contribution < -0.4 is 9.47 Å². The number of nitrogens with zero attached hydrogens (tertiary/aromatic N) is 2. The summed E-state index contributed by atoms with van der Waals surface area (Å²) >= 11 is 0. The van der Waals surface area contributed by atoms with E-state index in [0.29, 0.717) is 22.6 Å². The predicted molar refractivity (Wildman–Crippen MR) is 118 cm³/mol. The number of methoxy groups -OCH3 is 2. The quantitative estimate of drug-likeness (QED) is 0.350. The first-order chi connectivity index (χ1) is 15.9. The molecule has 0 bridgehead atoms. The lowest BCUT2D eigenvalue weighted by atomic mass is 9.94. The van der Waals surface area contributed by atoms with Gasteiger partial charge in [-0.3, -0.25) is 14.6 Å². The second-order valence-electron chi connectivity index (χ2n) is 7.40. The summed E-state index contributed by atoms with van der Waals surface area (Å²) in [5.74, 6) is -1.64. The fourth-order valence-electron chi connectivity index (χ4n) is 3.87. The van der Waals surface area contributed by atoms with E-state index in [0.717, 1.165) is 0 Å². The fourth-order valence-corrected chi connectivity index (χ4v) is 3.87. The number of carbonyl (C=O) groups excluding carboxylic acids is 2. The summed E-state index contributed by atoms with van der Waals surface area (Å²) in [5, 5.41) is 11.1. The maximum atomic E-state index is 13.4. The topological polar surface area (TPSA) is 89.0 Å². The Morgan fingerprint density at radius 3 is 2.48 bits per heavy atom. The van der Waals surface area contributed by atoms with Crippen molar-refractivity contribution >= 4 is 17.4 Å². The van der Waals surface area contributed by atoms with Gasteiger partial charge in [0.2, 0.25) is 0 Å². The lowest BCUT2D eigenvalue weighted by molar-refractivity contribution is -0.140. The van der Waals surface area contributed by atoms with E-state index in [2.05, 4.69) is 4.98 Å². The van der Waals surface area contributed by atoms with Crippen LogP contribution in [0.3, 0.4) is 0 Å². The Labute approximate surface area is 189 Å². The molecule has 0 spiro atoms. The van der Waals surface area contributed by atoms with Gasteiger partial charge < -0.3 is 19.5 Å². The second-order valence-corrected chi connectivity index (χ2v) is 7.40. The van der Waals surface area contributed by atoms with Crippen LogP contribution in [0, 0.1) is 5.82 Å². The monoisotopic (exact) mass is 448 g/mol. The number of amides is 1. The number of pyridine rings is 1. The minimum absolute atomic E-state index is 0.0731. The van der Waals surface area contributed by atoms with Crippen molar-refractivity contribution in [1.82, 2.24) is 9.88 Å². The van der Waals surface area contributed by atoms with Crippen molar-refractivity contribution in [2.45, 2.75) is 12.6 Å². The minimum Gasteiger partial charge on any atom is -0.507 e. The number of likely N-dealkylation sites (tertiary alicyclic amines) is 1. The van der Waals surface area contributed by atoms with Crippen LogP contribution in [0.1, 0.15) is 22.7 Å². The number of rotatable bonds is 6. The third-order valence-corrected chi connectivity index (χ3v) is 5.46. The molecule has 0 unspecified atom stereocenters.